The summed E-state index contributed by atoms with van der Waals surface area (Å²) in [5.41, 5.74) is 2.36. The summed E-state index contributed by atoms with van der Waals surface area (Å²) >= 11 is 0. The van der Waals surface area contributed by atoms with Gasteiger partial charge in [-0.1, -0.05) is 30.3 Å². The number of rotatable bonds is 1. The van der Waals surface area contributed by atoms with Gasteiger partial charge in [-0.15, -0.1) is 0 Å². The zero-order valence-corrected chi connectivity index (χ0v) is 7.14. The molecule has 1 aliphatic heterocycles. The monoisotopic (exact) mass is 167 g/mol. The Morgan fingerprint density at radius 1 is 1.08 bits per heavy atom. The molecule has 0 saturated carbocycles. The van der Waals surface area contributed by atoms with Crippen LogP contribution in [0.4, 0.5) is 0 Å². The quantitative estimate of drug-likeness (QED) is 0.610. The molecule has 0 N–H and O–H groups in total. The molecule has 0 amide bonds. The molecule has 13 heavy (non-hydrogen) atoms. The molecule has 0 spiro atoms. The Labute approximate surface area is 77.4 Å². The van der Waals surface area contributed by atoms with Gasteiger partial charge in [0.25, 0.3) is 0 Å². The van der Waals surface area contributed by atoms with Crippen molar-refractivity contribution < 1.29 is 0 Å². The van der Waals surface area contributed by atoms with Gasteiger partial charge in [-0.2, -0.15) is 0 Å². The zero-order valence-electron chi connectivity index (χ0n) is 7.14. The maximum atomic E-state index is 3.91. The van der Waals surface area contributed by atoms with Crippen molar-refractivity contribution in [2.24, 2.45) is 4.99 Å². The van der Waals surface area contributed by atoms with E-state index in [1.54, 1.807) is 6.20 Å². The fourth-order valence-corrected chi connectivity index (χ4v) is 1.21. The van der Waals surface area contributed by atoms with Gasteiger partial charge in [0, 0.05) is 12.3 Å². The third-order valence-electron chi connectivity index (χ3n) is 1.85. The first-order chi connectivity index (χ1) is 6.47. The molecule has 0 atom stereocenters. The van der Waals surface area contributed by atoms with Gasteiger partial charge in [-0.3, -0.25) is 0 Å². The Balaban J connectivity index is 2.39. The van der Waals surface area contributed by atoms with Crippen LogP contribution in [0.3, 0.4) is 0 Å². The number of hydrogen-bond acceptors (Lipinski definition) is 1. The Hall–Kier alpha value is -1.85. The van der Waals surface area contributed by atoms with Crippen LogP contribution in [0.15, 0.2) is 59.8 Å². The fourth-order valence-electron chi connectivity index (χ4n) is 1.21. The summed E-state index contributed by atoms with van der Waals surface area (Å²) < 4.78 is 0. The van der Waals surface area contributed by atoms with Gasteiger partial charge in [0.2, 0.25) is 0 Å². The SMILES string of the molecule is C1=CC=C(c2ccccc2)C=CN=1. The molecule has 0 unspecified atom stereocenters. The summed E-state index contributed by atoms with van der Waals surface area (Å²) in [6.07, 6.45) is 7.55. The van der Waals surface area contributed by atoms with Crippen molar-refractivity contribution in [3.63, 3.8) is 0 Å². The highest BCUT2D eigenvalue weighted by molar-refractivity contribution is 5.78. The van der Waals surface area contributed by atoms with Gasteiger partial charge in [0.05, 0.1) is 0 Å². The van der Waals surface area contributed by atoms with Crippen molar-refractivity contribution in [1.82, 2.24) is 0 Å². The standard InChI is InChI=1S/C12H9N/c1-2-5-11(6-3-1)12-7-4-9-13-10-8-12/h1-8,10H. The lowest BCUT2D eigenvalue weighted by atomic mass is 10.1. The van der Waals surface area contributed by atoms with E-state index >= 15 is 0 Å². The minimum Gasteiger partial charge on any atom is -0.214 e. The number of allylic oxidation sites excluding steroid dienone is 4. The highest BCUT2D eigenvalue weighted by Crippen LogP contribution is 2.15. The highest BCUT2D eigenvalue weighted by Gasteiger charge is 1.95. The number of aliphatic imine (C=N–C) groups is 1. The van der Waals surface area contributed by atoms with Gasteiger partial charge >= 0.3 is 0 Å². The van der Waals surface area contributed by atoms with Crippen LogP contribution in [0.2, 0.25) is 0 Å². The molecule has 0 bridgehead atoms. The van der Waals surface area contributed by atoms with Crippen LogP contribution < -0.4 is 0 Å². The maximum Gasteiger partial charge on any atom is 0.0374 e. The van der Waals surface area contributed by atoms with Gasteiger partial charge in [-0.25, -0.2) is 4.99 Å². The summed E-state index contributed by atoms with van der Waals surface area (Å²) in [5, 5.41) is 0. The third kappa shape index (κ3) is 1.84. The molecule has 2 rings (SSSR count). The molecule has 1 aromatic rings. The first kappa shape index (κ1) is 7.78. The second-order valence-electron chi connectivity index (χ2n) is 2.73. The van der Waals surface area contributed by atoms with E-state index < -0.39 is 0 Å². The molecule has 0 saturated heterocycles. The van der Waals surface area contributed by atoms with Crippen LogP contribution in [-0.2, 0) is 0 Å². The van der Waals surface area contributed by atoms with E-state index in [-0.39, 0.29) is 0 Å². The largest absolute Gasteiger partial charge is 0.214 e. The molecule has 62 valence electrons. The van der Waals surface area contributed by atoms with Gasteiger partial charge in [0.1, 0.15) is 0 Å². The summed E-state index contributed by atoms with van der Waals surface area (Å²) in [6, 6.07) is 10.2. The van der Waals surface area contributed by atoms with Crippen LogP contribution in [0.25, 0.3) is 5.57 Å². The summed E-state index contributed by atoms with van der Waals surface area (Å²) in [7, 11) is 0. The topological polar surface area (TPSA) is 12.4 Å². The van der Waals surface area contributed by atoms with Crippen LogP contribution in [-0.4, -0.2) is 5.87 Å². The van der Waals surface area contributed by atoms with Gasteiger partial charge < -0.3 is 0 Å². The van der Waals surface area contributed by atoms with Crippen LogP contribution >= 0.6 is 0 Å². The summed E-state index contributed by atoms with van der Waals surface area (Å²) in [4.78, 5) is 3.91. The van der Waals surface area contributed by atoms with Crippen molar-refractivity contribution in [1.29, 1.82) is 0 Å². The van der Waals surface area contributed by atoms with Crippen molar-refractivity contribution in [2.45, 2.75) is 0 Å². The van der Waals surface area contributed by atoms with E-state index in [4.69, 9.17) is 0 Å². The highest BCUT2D eigenvalue weighted by atomic mass is 14.6. The Bertz CT molecular complexity index is 404. The van der Waals surface area contributed by atoms with Crippen LogP contribution in [0.1, 0.15) is 5.56 Å². The van der Waals surface area contributed by atoms with E-state index in [1.807, 2.05) is 36.4 Å². The van der Waals surface area contributed by atoms with Crippen LogP contribution in [0, 0.1) is 0 Å². The van der Waals surface area contributed by atoms with Crippen molar-refractivity contribution in [2.75, 3.05) is 0 Å². The molecule has 0 aliphatic carbocycles. The molecule has 1 heteroatoms. The number of hydrogen-bond donors (Lipinski definition) is 0. The molecule has 0 fully saturated rings. The van der Waals surface area contributed by atoms with Crippen molar-refractivity contribution in [3.05, 3.63) is 60.3 Å². The molecule has 1 heterocycles. The van der Waals surface area contributed by atoms with E-state index in [2.05, 4.69) is 23.0 Å². The van der Waals surface area contributed by atoms with E-state index in [9.17, 15) is 0 Å². The molecule has 1 aliphatic rings. The van der Waals surface area contributed by atoms with Crippen molar-refractivity contribution >= 4 is 11.4 Å². The molecule has 0 aromatic heterocycles. The minimum atomic E-state index is 1.16. The summed E-state index contributed by atoms with van der Waals surface area (Å²) in [5.74, 6) is 2.78. The first-order valence-electron chi connectivity index (χ1n) is 4.18. The average Bonchev–Trinajstić information content (AvgIpc) is 2.47. The molecule has 1 nitrogen and oxygen atoms in total. The number of benzene rings is 1. The first-order valence-corrected chi connectivity index (χ1v) is 4.18. The lowest BCUT2D eigenvalue weighted by molar-refractivity contribution is 1.58. The normalized spacial score (nSPS) is 14.0. The molecule has 0 radical (unpaired) electrons. The Morgan fingerprint density at radius 2 is 1.92 bits per heavy atom. The predicted molar refractivity (Wildman–Crippen MR) is 55.6 cm³/mol. The maximum absolute atomic E-state index is 3.91. The van der Waals surface area contributed by atoms with Crippen molar-refractivity contribution in [3.8, 4) is 0 Å². The molecule has 1 aromatic carbocycles. The lowest BCUT2D eigenvalue weighted by Gasteiger charge is -1.98. The molecular formula is C12H9N. The van der Waals surface area contributed by atoms with Gasteiger partial charge in [-0.05, 0) is 29.2 Å². The van der Waals surface area contributed by atoms with E-state index in [1.165, 1.54) is 5.56 Å². The Kier molecular flexibility index (Phi) is 2.22. The minimum absolute atomic E-state index is 1.16. The van der Waals surface area contributed by atoms with Gasteiger partial charge in [0.15, 0.2) is 0 Å². The lowest BCUT2D eigenvalue weighted by Crippen LogP contribution is -1.77. The third-order valence-corrected chi connectivity index (χ3v) is 1.85. The fraction of sp³-hybridized carbons (Fsp3) is 0. The average molecular weight is 167 g/mol. The van der Waals surface area contributed by atoms with E-state index in [0.29, 0.717) is 0 Å². The second kappa shape index (κ2) is 3.70. The molecular weight excluding hydrogens is 158 g/mol. The van der Waals surface area contributed by atoms with E-state index in [0.717, 1.165) is 5.57 Å². The second-order valence-corrected chi connectivity index (χ2v) is 2.73. The Morgan fingerprint density at radius 3 is 2.77 bits per heavy atom. The number of nitrogens with zero attached hydrogens (tertiary/aromatic N) is 1. The zero-order chi connectivity index (χ0) is 8.93. The predicted octanol–water partition coefficient (Wildman–Crippen LogP) is 2.82. The van der Waals surface area contributed by atoms with Crippen LogP contribution in [0.5, 0.6) is 0 Å². The summed E-state index contributed by atoms with van der Waals surface area (Å²) in [6.45, 7) is 0. The smallest absolute Gasteiger partial charge is 0.0374 e.